The Balaban J connectivity index is 1.88. The Morgan fingerprint density at radius 2 is 1.78 bits per heavy atom. The summed E-state index contributed by atoms with van der Waals surface area (Å²) < 4.78 is 26.0. The van der Waals surface area contributed by atoms with Gasteiger partial charge < -0.3 is 5.32 Å². The first-order valence-corrected chi connectivity index (χ1v) is 9.63. The highest BCUT2D eigenvalue weighted by molar-refractivity contribution is 7.89. The molecule has 5 nitrogen and oxygen atoms in total. The summed E-state index contributed by atoms with van der Waals surface area (Å²) >= 11 is 0. The number of sulfonamides is 1. The predicted molar refractivity (Wildman–Crippen MR) is 90.6 cm³/mol. The number of hydrogen-bond donors (Lipinski definition) is 1. The van der Waals surface area contributed by atoms with Crippen LogP contribution in [0.5, 0.6) is 0 Å². The number of aryl methyl sites for hydroxylation is 1. The Labute approximate surface area is 139 Å². The second kappa shape index (κ2) is 7.93. The Kier molecular flexibility index (Phi) is 6.18. The zero-order valence-corrected chi connectivity index (χ0v) is 14.7. The molecule has 0 atom stereocenters. The molecule has 1 aliphatic rings. The molecule has 1 aliphatic carbocycles. The summed E-state index contributed by atoms with van der Waals surface area (Å²) in [5.41, 5.74) is 0.997. The lowest BCUT2D eigenvalue weighted by molar-refractivity contribution is -0.121. The van der Waals surface area contributed by atoms with Gasteiger partial charge in [-0.2, -0.15) is 4.31 Å². The van der Waals surface area contributed by atoms with E-state index in [9.17, 15) is 13.2 Å². The summed E-state index contributed by atoms with van der Waals surface area (Å²) in [6, 6.07) is 6.65. The van der Waals surface area contributed by atoms with Gasteiger partial charge in [-0.15, -0.1) is 0 Å². The van der Waals surface area contributed by atoms with Gasteiger partial charge in [0.1, 0.15) is 0 Å². The van der Waals surface area contributed by atoms with Crippen molar-refractivity contribution in [3.8, 4) is 0 Å². The SMILES string of the molecule is Cc1ccc(S(=O)(=O)N(C)CC(=O)NCC2CCCCC2)cc1. The number of carbonyl (C=O) groups excluding carboxylic acids is 1. The third kappa shape index (κ3) is 5.04. The molecule has 1 aromatic rings. The lowest BCUT2D eigenvalue weighted by Crippen LogP contribution is -2.40. The van der Waals surface area contributed by atoms with Crippen LogP contribution in [-0.2, 0) is 14.8 Å². The van der Waals surface area contributed by atoms with Gasteiger partial charge >= 0.3 is 0 Å². The number of benzene rings is 1. The van der Waals surface area contributed by atoms with Crippen molar-refractivity contribution in [3.63, 3.8) is 0 Å². The van der Waals surface area contributed by atoms with Crippen molar-refractivity contribution in [2.75, 3.05) is 20.1 Å². The first kappa shape index (κ1) is 17.9. The quantitative estimate of drug-likeness (QED) is 0.865. The Bertz CT molecular complexity index is 620. The summed E-state index contributed by atoms with van der Waals surface area (Å²) in [5, 5.41) is 2.87. The van der Waals surface area contributed by atoms with E-state index in [0.29, 0.717) is 12.5 Å². The third-order valence-electron chi connectivity index (χ3n) is 4.41. The molecule has 0 spiro atoms. The number of rotatable bonds is 6. The van der Waals surface area contributed by atoms with Crippen molar-refractivity contribution in [1.29, 1.82) is 0 Å². The van der Waals surface area contributed by atoms with E-state index in [1.54, 1.807) is 24.3 Å². The van der Waals surface area contributed by atoms with Gasteiger partial charge in [0.2, 0.25) is 15.9 Å². The van der Waals surface area contributed by atoms with Crippen LogP contribution in [0.25, 0.3) is 0 Å². The van der Waals surface area contributed by atoms with Crippen molar-refractivity contribution in [2.24, 2.45) is 5.92 Å². The standard InChI is InChI=1S/C17H26N2O3S/c1-14-8-10-16(11-9-14)23(21,22)19(2)13-17(20)18-12-15-6-4-3-5-7-15/h8-11,15H,3-7,12-13H2,1-2H3,(H,18,20). The topological polar surface area (TPSA) is 66.5 Å². The minimum absolute atomic E-state index is 0.150. The fourth-order valence-corrected chi connectivity index (χ4v) is 4.01. The van der Waals surface area contributed by atoms with Crippen LogP contribution in [0.1, 0.15) is 37.7 Å². The molecule has 23 heavy (non-hydrogen) atoms. The minimum atomic E-state index is -3.62. The van der Waals surface area contributed by atoms with Crippen LogP contribution in [-0.4, -0.2) is 38.8 Å². The Morgan fingerprint density at radius 3 is 2.39 bits per heavy atom. The number of carbonyl (C=O) groups is 1. The molecule has 0 saturated heterocycles. The van der Waals surface area contributed by atoms with Gasteiger partial charge in [-0.1, -0.05) is 37.0 Å². The maximum absolute atomic E-state index is 12.4. The summed E-state index contributed by atoms with van der Waals surface area (Å²) in [5.74, 6) is 0.292. The average Bonchev–Trinajstić information content (AvgIpc) is 2.54. The van der Waals surface area contributed by atoms with Gasteiger partial charge in [0.25, 0.3) is 0 Å². The summed E-state index contributed by atoms with van der Waals surface area (Å²) in [7, 11) is -2.18. The molecule has 0 heterocycles. The molecule has 0 unspecified atom stereocenters. The minimum Gasteiger partial charge on any atom is -0.355 e. The van der Waals surface area contributed by atoms with E-state index in [4.69, 9.17) is 0 Å². The van der Waals surface area contributed by atoms with Crippen molar-refractivity contribution >= 4 is 15.9 Å². The molecule has 0 radical (unpaired) electrons. The van der Waals surface area contributed by atoms with E-state index in [0.717, 1.165) is 22.7 Å². The molecule has 1 aromatic carbocycles. The van der Waals surface area contributed by atoms with E-state index >= 15 is 0 Å². The normalized spacial score (nSPS) is 16.5. The smallest absolute Gasteiger partial charge is 0.243 e. The Hall–Kier alpha value is -1.40. The molecule has 1 fully saturated rings. The summed E-state index contributed by atoms with van der Waals surface area (Å²) in [6.45, 7) is 2.40. The van der Waals surface area contributed by atoms with Crippen molar-refractivity contribution in [2.45, 2.75) is 43.9 Å². The monoisotopic (exact) mass is 338 g/mol. The molecule has 1 amide bonds. The summed E-state index contributed by atoms with van der Waals surface area (Å²) in [6.07, 6.45) is 6.03. The summed E-state index contributed by atoms with van der Waals surface area (Å²) in [4.78, 5) is 12.2. The fraction of sp³-hybridized carbons (Fsp3) is 0.588. The second-order valence-electron chi connectivity index (χ2n) is 6.38. The third-order valence-corrected chi connectivity index (χ3v) is 6.23. The molecular weight excluding hydrogens is 312 g/mol. The zero-order chi connectivity index (χ0) is 16.9. The van der Waals surface area contributed by atoms with Gasteiger partial charge in [-0.25, -0.2) is 8.42 Å². The maximum atomic E-state index is 12.4. The molecule has 0 bridgehead atoms. The highest BCUT2D eigenvalue weighted by atomic mass is 32.2. The molecular formula is C17H26N2O3S. The molecule has 0 aromatic heterocycles. The molecule has 1 N–H and O–H groups in total. The van der Waals surface area contributed by atoms with Crippen LogP contribution in [0.2, 0.25) is 0 Å². The van der Waals surface area contributed by atoms with Crippen molar-refractivity contribution in [1.82, 2.24) is 9.62 Å². The number of amides is 1. The zero-order valence-electron chi connectivity index (χ0n) is 13.9. The molecule has 0 aliphatic heterocycles. The van der Waals surface area contributed by atoms with Gasteiger partial charge in [-0.3, -0.25) is 4.79 Å². The average molecular weight is 338 g/mol. The second-order valence-corrected chi connectivity index (χ2v) is 8.43. The van der Waals surface area contributed by atoms with E-state index < -0.39 is 10.0 Å². The van der Waals surface area contributed by atoms with Crippen LogP contribution in [0.4, 0.5) is 0 Å². The van der Waals surface area contributed by atoms with E-state index in [-0.39, 0.29) is 17.3 Å². The molecule has 128 valence electrons. The lowest BCUT2D eigenvalue weighted by Gasteiger charge is -2.22. The van der Waals surface area contributed by atoms with Crippen LogP contribution in [0, 0.1) is 12.8 Å². The molecule has 1 saturated carbocycles. The highest BCUT2D eigenvalue weighted by Crippen LogP contribution is 2.22. The van der Waals surface area contributed by atoms with Gasteiger partial charge in [0.05, 0.1) is 11.4 Å². The van der Waals surface area contributed by atoms with Gasteiger partial charge in [0.15, 0.2) is 0 Å². The number of nitrogens with one attached hydrogen (secondary N) is 1. The van der Waals surface area contributed by atoms with Crippen molar-refractivity contribution < 1.29 is 13.2 Å². The number of likely N-dealkylation sites (N-methyl/N-ethyl adjacent to an activating group) is 1. The maximum Gasteiger partial charge on any atom is 0.243 e. The van der Waals surface area contributed by atoms with Crippen molar-refractivity contribution in [3.05, 3.63) is 29.8 Å². The number of hydrogen-bond acceptors (Lipinski definition) is 3. The van der Waals surface area contributed by atoms with E-state index in [1.807, 2.05) is 6.92 Å². The number of nitrogens with zero attached hydrogens (tertiary/aromatic N) is 1. The van der Waals surface area contributed by atoms with E-state index in [2.05, 4.69) is 5.32 Å². The predicted octanol–water partition coefficient (Wildman–Crippen LogP) is 2.31. The van der Waals surface area contributed by atoms with E-state index in [1.165, 1.54) is 26.3 Å². The largest absolute Gasteiger partial charge is 0.355 e. The van der Waals surface area contributed by atoms with Crippen LogP contribution in [0.15, 0.2) is 29.2 Å². The Morgan fingerprint density at radius 1 is 1.17 bits per heavy atom. The molecule has 2 rings (SSSR count). The fourth-order valence-electron chi connectivity index (χ4n) is 2.88. The van der Waals surface area contributed by atoms with Gasteiger partial charge in [-0.05, 0) is 37.8 Å². The van der Waals surface area contributed by atoms with Crippen LogP contribution < -0.4 is 5.32 Å². The first-order valence-electron chi connectivity index (χ1n) is 8.19. The molecule has 6 heteroatoms. The lowest BCUT2D eigenvalue weighted by atomic mass is 9.89. The highest BCUT2D eigenvalue weighted by Gasteiger charge is 2.23. The van der Waals surface area contributed by atoms with Crippen LogP contribution >= 0.6 is 0 Å². The van der Waals surface area contributed by atoms with Crippen LogP contribution in [0.3, 0.4) is 0 Å². The van der Waals surface area contributed by atoms with Gasteiger partial charge in [0, 0.05) is 13.6 Å². The first-order chi connectivity index (χ1) is 10.9.